The topological polar surface area (TPSA) is 90.5 Å². The molecule has 238 valence electrons. The van der Waals surface area contributed by atoms with Crippen molar-refractivity contribution in [3.8, 4) is 56.9 Å². The second-order valence-corrected chi connectivity index (χ2v) is 12.4. The quantitative estimate of drug-likeness (QED) is 0.182. The molecule has 4 heterocycles. The van der Waals surface area contributed by atoms with Crippen LogP contribution in [0.25, 0.3) is 101 Å². The Kier molecular flexibility index (Phi) is 6.67. The summed E-state index contributed by atoms with van der Waals surface area (Å²) in [4.78, 5) is 30.2. The number of nitrogens with zero attached hydrogens (tertiary/aromatic N) is 6. The summed E-state index contributed by atoms with van der Waals surface area (Å²) in [6.07, 6.45) is 1.87. The number of para-hydroxylation sites is 2. The monoisotopic (exact) mass is 654 g/mol. The molecular formula is C44H26N6O. The summed E-state index contributed by atoms with van der Waals surface area (Å²) in [6.45, 7) is 0. The first-order valence-corrected chi connectivity index (χ1v) is 16.7. The summed E-state index contributed by atoms with van der Waals surface area (Å²) in [6, 6.07) is 50.5. The second kappa shape index (κ2) is 11.8. The Hall–Kier alpha value is -7.12. The van der Waals surface area contributed by atoms with Gasteiger partial charge >= 0.3 is 0 Å². The highest BCUT2D eigenvalue weighted by atomic mass is 16.3. The number of rotatable bonds is 5. The summed E-state index contributed by atoms with van der Waals surface area (Å²) < 4.78 is 6.24. The van der Waals surface area contributed by atoms with Crippen molar-refractivity contribution in [2.45, 2.75) is 0 Å². The third-order valence-corrected chi connectivity index (χ3v) is 9.17. The van der Waals surface area contributed by atoms with E-state index < -0.39 is 0 Å². The summed E-state index contributed by atoms with van der Waals surface area (Å²) in [7, 11) is 0. The molecule has 0 saturated carbocycles. The molecule has 0 spiro atoms. The van der Waals surface area contributed by atoms with Gasteiger partial charge in [-0.15, -0.1) is 0 Å². The smallest absolute Gasteiger partial charge is 0.164 e. The molecule has 0 atom stereocenters. The highest BCUT2D eigenvalue weighted by Crippen LogP contribution is 2.37. The van der Waals surface area contributed by atoms with Gasteiger partial charge in [-0.25, -0.2) is 24.9 Å². The molecule has 0 fully saturated rings. The van der Waals surface area contributed by atoms with E-state index in [1.807, 2.05) is 128 Å². The molecule has 6 aromatic carbocycles. The van der Waals surface area contributed by atoms with Gasteiger partial charge in [0.15, 0.2) is 23.3 Å². The van der Waals surface area contributed by atoms with Crippen LogP contribution < -0.4 is 0 Å². The van der Waals surface area contributed by atoms with E-state index in [0.29, 0.717) is 29.0 Å². The van der Waals surface area contributed by atoms with Crippen molar-refractivity contribution in [3.05, 3.63) is 158 Å². The average Bonchev–Trinajstić information content (AvgIpc) is 3.58. The Morgan fingerprint density at radius 1 is 0.392 bits per heavy atom. The number of aromatic nitrogens is 6. The minimum atomic E-state index is 0.563. The third-order valence-electron chi connectivity index (χ3n) is 9.17. The number of hydrogen-bond acceptors (Lipinski definition) is 7. The molecule has 0 unspecified atom stereocenters. The van der Waals surface area contributed by atoms with Gasteiger partial charge < -0.3 is 4.42 Å². The molecular weight excluding hydrogens is 629 g/mol. The third kappa shape index (κ3) is 5.07. The van der Waals surface area contributed by atoms with E-state index in [4.69, 9.17) is 34.3 Å². The van der Waals surface area contributed by atoms with Gasteiger partial charge in [-0.3, -0.25) is 4.98 Å². The lowest BCUT2D eigenvalue weighted by Crippen LogP contribution is -2.01. The van der Waals surface area contributed by atoms with Crippen LogP contribution in [-0.4, -0.2) is 29.9 Å². The number of hydrogen-bond donors (Lipinski definition) is 0. The number of benzene rings is 6. The lowest BCUT2D eigenvalue weighted by Gasteiger charge is -2.13. The maximum absolute atomic E-state index is 6.24. The fraction of sp³-hybridized carbons (Fsp3) is 0. The zero-order valence-corrected chi connectivity index (χ0v) is 27.1. The van der Waals surface area contributed by atoms with Crippen LogP contribution in [0.2, 0.25) is 0 Å². The first-order valence-electron chi connectivity index (χ1n) is 16.7. The lowest BCUT2D eigenvalue weighted by molar-refractivity contribution is 0.668. The van der Waals surface area contributed by atoms with Gasteiger partial charge in [0.05, 0.1) is 11.2 Å². The highest BCUT2D eigenvalue weighted by Gasteiger charge is 2.19. The number of furan rings is 1. The first-order chi connectivity index (χ1) is 25.2. The summed E-state index contributed by atoms with van der Waals surface area (Å²) in [5.41, 5.74) is 7.36. The zero-order valence-electron chi connectivity index (χ0n) is 27.1. The molecule has 4 aromatic heterocycles. The van der Waals surface area contributed by atoms with E-state index in [9.17, 15) is 0 Å². The molecule has 0 aliphatic carbocycles. The van der Waals surface area contributed by atoms with E-state index in [0.717, 1.165) is 71.6 Å². The molecule has 0 aliphatic rings. The van der Waals surface area contributed by atoms with Crippen LogP contribution >= 0.6 is 0 Å². The summed E-state index contributed by atoms with van der Waals surface area (Å²) >= 11 is 0. The molecule has 7 nitrogen and oxygen atoms in total. The predicted molar refractivity (Wildman–Crippen MR) is 203 cm³/mol. The van der Waals surface area contributed by atoms with Crippen molar-refractivity contribution in [1.29, 1.82) is 0 Å². The highest BCUT2D eigenvalue weighted by molar-refractivity contribution is 6.06. The fourth-order valence-corrected chi connectivity index (χ4v) is 6.70. The maximum atomic E-state index is 6.24. The van der Waals surface area contributed by atoms with E-state index >= 15 is 0 Å². The van der Waals surface area contributed by atoms with Crippen LogP contribution in [0, 0.1) is 0 Å². The summed E-state index contributed by atoms with van der Waals surface area (Å²) in [5, 5.41) is 4.94. The molecule has 0 amide bonds. The fourth-order valence-electron chi connectivity index (χ4n) is 6.70. The van der Waals surface area contributed by atoms with Crippen molar-refractivity contribution in [2.24, 2.45) is 0 Å². The van der Waals surface area contributed by atoms with Crippen molar-refractivity contribution < 1.29 is 4.42 Å². The molecule has 0 N–H and O–H groups in total. The van der Waals surface area contributed by atoms with Gasteiger partial charge in [-0.1, -0.05) is 121 Å². The van der Waals surface area contributed by atoms with Gasteiger partial charge in [0.25, 0.3) is 0 Å². The largest absolute Gasteiger partial charge is 0.456 e. The normalized spacial score (nSPS) is 11.5. The van der Waals surface area contributed by atoms with Gasteiger partial charge in [-0.05, 0) is 35.0 Å². The molecule has 0 bridgehead atoms. The maximum Gasteiger partial charge on any atom is 0.164 e. The Balaban J connectivity index is 1.19. The van der Waals surface area contributed by atoms with Gasteiger partial charge in [0.2, 0.25) is 0 Å². The van der Waals surface area contributed by atoms with Crippen molar-refractivity contribution >= 4 is 43.6 Å². The van der Waals surface area contributed by atoms with E-state index in [-0.39, 0.29) is 0 Å². The molecule has 7 heteroatoms. The Morgan fingerprint density at radius 2 is 1.00 bits per heavy atom. The van der Waals surface area contributed by atoms with Crippen LogP contribution in [0.4, 0.5) is 0 Å². The zero-order chi connectivity index (χ0) is 33.7. The second-order valence-electron chi connectivity index (χ2n) is 12.4. The van der Waals surface area contributed by atoms with Gasteiger partial charge in [0.1, 0.15) is 16.9 Å². The van der Waals surface area contributed by atoms with Crippen LogP contribution in [0.5, 0.6) is 0 Å². The molecule has 0 radical (unpaired) electrons. The standard InChI is InChI=1S/C44H26N6O/c1-3-13-27(14-4-1)41-48-42(28-15-5-2-6-16-28)50-43(49-41)30-23-29-17-7-8-18-31(29)34(24-30)44-46-36-21-11-9-20-33(36)40(47-44)37-25-39-35(26-45-37)32-19-10-12-22-38(32)51-39/h1-26H. The van der Waals surface area contributed by atoms with Crippen molar-refractivity contribution in [3.63, 3.8) is 0 Å². The van der Waals surface area contributed by atoms with Crippen LogP contribution in [0.1, 0.15) is 0 Å². The van der Waals surface area contributed by atoms with E-state index in [2.05, 4.69) is 30.3 Å². The van der Waals surface area contributed by atoms with Crippen molar-refractivity contribution in [2.75, 3.05) is 0 Å². The molecule has 0 aliphatic heterocycles. The van der Waals surface area contributed by atoms with Crippen LogP contribution in [0.3, 0.4) is 0 Å². The Labute approximate surface area is 292 Å². The molecule has 51 heavy (non-hydrogen) atoms. The van der Waals surface area contributed by atoms with Crippen LogP contribution in [0.15, 0.2) is 162 Å². The van der Waals surface area contributed by atoms with Crippen LogP contribution in [-0.2, 0) is 0 Å². The number of pyridine rings is 1. The summed E-state index contributed by atoms with van der Waals surface area (Å²) in [5.74, 6) is 2.34. The molecule has 10 aromatic rings. The van der Waals surface area contributed by atoms with E-state index in [1.165, 1.54) is 0 Å². The predicted octanol–water partition coefficient (Wildman–Crippen LogP) is 10.6. The average molecular weight is 655 g/mol. The molecule has 10 rings (SSSR count). The number of fused-ring (bicyclic) bond motifs is 5. The van der Waals surface area contributed by atoms with Gasteiger partial charge in [0, 0.05) is 50.7 Å². The van der Waals surface area contributed by atoms with E-state index in [1.54, 1.807) is 0 Å². The van der Waals surface area contributed by atoms with Gasteiger partial charge in [-0.2, -0.15) is 0 Å². The minimum Gasteiger partial charge on any atom is -0.456 e. The first kappa shape index (κ1) is 28.9. The molecule has 0 saturated heterocycles. The SMILES string of the molecule is c1ccc(-c2nc(-c3ccccc3)nc(-c3cc(-c4nc(-c5cc6oc7ccccc7c6cn5)c5ccccc5n4)c4ccccc4c3)n2)cc1. The Bertz CT molecular complexity index is 2870. The minimum absolute atomic E-state index is 0.563. The van der Waals surface area contributed by atoms with Crippen molar-refractivity contribution in [1.82, 2.24) is 29.9 Å². The lowest BCUT2D eigenvalue weighted by atomic mass is 9.99. The Morgan fingerprint density at radius 3 is 1.75 bits per heavy atom.